The fourth-order valence-electron chi connectivity index (χ4n) is 8.91. The van der Waals surface area contributed by atoms with Crippen LogP contribution in [0.5, 0.6) is 0 Å². The fourth-order valence-corrected chi connectivity index (χ4v) is 8.91. The number of esters is 1. The summed E-state index contributed by atoms with van der Waals surface area (Å²) in [6.45, 7) is 18.1. The SMILES string of the molecule is C=C1OC(=O)C(C(=O)C[C@H]2O[C@H]([C@H](C)[C@@H](O)[C@@H](CC)C(=O)[C@](C)(O)[C@@H]3CC[C@@](CC)([C@H]4CC[C@](O)([C@@H](C)OC)[C@H](C)O4)O3)[C@H](C)C[C@H]2C)=C1O. The lowest BCUT2D eigenvalue weighted by atomic mass is 9.73. The van der Waals surface area contributed by atoms with Crippen molar-refractivity contribution in [3.8, 4) is 0 Å². The molecule has 14 atom stereocenters. The molecule has 0 unspecified atom stereocenters. The Hall–Kier alpha value is -2.19. The quantitative estimate of drug-likeness (QED) is 0.149. The zero-order valence-corrected chi connectivity index (χ0v) is 31.3. The molecule has 0 aromatic heterocycles. The summed E-state index contributed by atoms with van der Waals surface area (Å²) in [6.07, 6.45) is -1.08. The monoisotopic (exact) mass is 708 g/mol. The average Bonchev–Trinajstić information content (AvgIpc) is 3.63. The van der Waals surface area contributed by atoms with Crippen molar-refractivity contribution in [2.24, 2.45) is 23.7 Å². The number of hydrogen-bond acceptors (Lipinski definition) is 12. The van der Waals surface area contributed by atoms with Gasteiger partial charge in [0.1, 0.15) is 16.8 Å². The third kappa shape index (κ3) is 7.36. The number of cyclic esters (lactones) is 1. The highest BCUT2D eigenvalue weighted by Gasteiger charge is 2.57. The van der Waals surface area contributed by atoms with Crippen molar-refractivity contribution in [1.82, 2.24) is 0 Å². The first-order valence-corrected chi connectivity index (χ1v) is 18.4. The molecule has 50 heavy (non-hydrogen) atoms. The van der Waals surface area contributed by atoms with Gasteiger partial charge in [0.25, 0.3) is 0 Å². The molecule has 0 bridgehead atoms. The summed E-state index contributed by atoms with van der Waals surface area (Å²) < 4.78 is 29.7. The molecule has 0 amide bonds. The van der Waals surface area contributed by atoms with Gasteiger partial charge in [0, 0.05) is 25.4 Å². The van der Waals surface area contributed by atoms with Gasteiger partial charge in [-0.15, -0.1) is 0 Å². The van der Waals surface area contributed by atoms with Crippen LogP contribution in [0.25, 0.3) is 0 Å². The molecule has 4 aliphatic rings. The molecule has 284 valence electrons. The van der Waals surface area contributed by atoms with E-state index < -0.39 is 94.1 Å². The molecule has 0 radical (unpaired) electrons. The van der Waals surface area contributed by atoms with Gasteiger partial charge < -0.3 is 44.1 Å². The first kappa shape index (κ1) is 40.6. The zero-order chi connectivity index (χ0) is 37.5. The van der Waals surface area contributed by atoms with E-state index in [1.54, 1.807) is 21.0 Å². The number of Topliss-reactive ketones (excluding diaryl/α,β-unsaturated/α-hetero) is 2. The summed E-state index contributed by atoms with van der Waals surface area (Å²) in [4.78, 5) is 39.4. The van der Waals surface area contributed by atoms with Crippen LogP contribution in [0.2, 0.25) is 0 Å². The lowest BCUT2D eigenvalue weighted by molar-refractivity contribution is -0.255. The Morgan fingerprint density at radius 2 is 1.76 bits per heavy atom. The first-order chi connectivity index (χ1) is 23.3. The maximum Gasteiger partial charge on any atom is 0.351 e. The third-order valence-corrected chi connectivity index (χ3v) is 12.6. The van der Waals surface area contributed by atoms with Gasteiger partial charge >= 0.3 is 5.97 Å². The minimum atomic E-state index is -1.90. The maximum atomic E-state index is 14.2. The van der Waals surface area contributed by atoms with Crippen LogP contribution in [0.1, 0.15) is 107 Å². The second kappa shape index (κ2) is 15.4. The van der Waals surface area contributed by atoms with Gasteiger partial charge in [-0.25, -0.2) is 4.79 Å². The Labute approximate surface area is 296 Å². The van der Waals surface area contributed by atoms with Gasteiger partial charge in [0.2, 0.25) is 0 Å². The Morgan fingerprint density at radius 1 is 1.10 bits per heavy atom. The minimum Gasteiger partial charge on any atom is -0.504 e. The van der Waals surface area contributed by atoms with E-state index in [0.29, 0.717) is 38.5 Å². The molecule has 3 saturated heterocycles. The predicted molar refractivity (Wildman–Crippen MR) is 183 cm³/mol. The van der Waals surface area contributed by atoms with Crippen LogP contribution in [0.15, 0.2) is 23.7 Å². The van der Waals surface area contributed by atoms with Crippen LogP contribution in [-0.4, -0.2) is 105 Å². The number of carbonyl (C=O) groups is 3. The lowest BCUT2D eigenvalue weighted by Crippen LogP contribution is -2.60. The topological polar surface area (TPSA) is 178 Å². The molecular weight excluding hydrogens is 648 g/mol. The molecule has 12 nitrogen and oxygen atoms in total. The molecule has 3 fully saturated rings. The summed E-state index contributed by atoms with van der Waals surface area (Å²) in [6, 6.07) is 0. The Morgan fingerprint density at radius 3 is 2.30 bits per heavy atom. The molecular formula is C38H60O12. The highest BCUT2D eigenvalue weighted by Crippen LogP contribution is 2.47. The number of ether oxygens (including phenoxy) is 5. The van der Waals surface area contributed by atoms with Crippen molar-refractivity contribution < 1.29 is 58.5 Å². The number of aliphatic hydroxyl groups excluding tert-OH is 2. The summed E-state index contributed by atoms with van der Waals surface area (Å²) in [7, 11) is 1.56. The van der Waals surface area contributed by atoms with Crippen molar-refractivity contribution in [2.75, 3.05) is 7.11 Å². The van der Waals surface area contributed by atoms with Gasteiger partial charge in [0.15, 0.2) is 23.1 Å². The van der Waals surface area contributed by atoms with Gasteiger partial charge in [-0.2, -0.15) is 0 Å². The van der Waals surface area contributed by atoms with Crippen LogP contribution in [-0.2, 0) is 38.1 Å². The first-order valence-electron chi connectivity index (χ1n) is 18.4. The van der Waals surface area contributed by atoms with Crippen molar-refractivity contribution >= 4 is 17.5 Å². The fraction of sp³-hybridized carbons (Fsp3) is 0.816. The molecule has 0 saturated carbocycles. The van der Waals surface area contributed by atoms with Crippen LogP contribution in [0, 0.1) is 23.7 Å². The summed E-state index contributed by atoms with van der Waals surface area (Å²) in [5.41, 5.74) is -4.24. The Kier molecular flexibility index (Phi) is 12.5. The van der Waals surface area contributed by atoms with Crippen LogP contribution >= 0.6 is 0 Å². The highest BCUT2D eigenvalue weighted by atomic mass is 16.6. The van der Waals surface area contributed by atoms with E-state index >= 15 is 0 Å². The molecule has 12 heteroatoms. The largest absolute Gasteiger partial charge is 0.504 e. The summed E-state index contributed by atoms with van der Waals surface area (Å²) in [5.74, 6) is -4.47. The molecule has 0 aromatic rings. The van der Waals surface area contributed by atoms with Crippen molar-refractivity contribution in [1.29, 1.82) is 0 Å². The summed E-state index contributed by atoms with van der Waals surface area (Å²) in [5, 5.41) is 45.0. The molecule has 4 heterocycles. The van der Waals surface area contributed by atoms with E-state index in [1.807, 2.05) is 34.6 Å². The molecule has 0 aliphatic carbocycles. The van der Waals surface area contributed by atoms with Crippen molar-refractivity contribution in [3.05, 3.63) is 23.7 Å². The highest BCUT2D eigenvalue weighted by molar-refractivity contribution is 6.20. The lowest BCUT2D eigenvalue weighted by Gasteiger charge is -2.49. The number of hydrogen-bond donors (Lipinski definition) is 4. The van der Waals surface area contributed by atoms with Crippen LogP contribution in [0.4, 0.5) is 0 Å². The van der Waals surface area contributed by atoms with E-state index in [0.717, 1.165) is 0 Å². The number of aliphatic hydroxyl groups is 4. The second-order valence-corrected chi connectivity index (χ2v) is 15.6. The minimum absolute atomic E-state index is 0.0243. The molecule has 4 aliphatic heterocycles. The Bertz CT molecular complexity index is 1320. The van der Waals surface area contributed by atoms with Crippen LogP contribution in [0.3, 0.4) is 0 Å². The third-order valence-electron chi connectivity index (χ3n) is 12.6. The Balaban J connectivity index is 1.45. The second-order valence-electron chi connectivity index (χ2n) is 15.6. The number of carbonyl (C=O) groups excluding carboxylic acids is 3. The van der Waals surface area contributed by atoms with E-state index in [9.17, 15) is 34.8 Å². The average molecular weight is 709 g/mol. The van der Waals surface area contributed by atoms with E-state index in [-0.39, 0.29) is 36.5 Å². The van der Waals surface area contributed by atoms with E-state index in [1.165, 1.54) is 6.92 Å². The van der Waals surface area contributed by atoms with E-state index in [2.05, 4.69) is 6.58 Å². The normalized spacial score (nSPS) is 38.7. The molecule has 0 spiro atoms. The van der Waals surface area contributed by atoms with Crippen LogP contribution < -0.4 is 0 Å². The number of methoxy groups -OCH3 is 1. The van der Waals surface area contributed by atoms with Gasteiger partial charge in [-0.3, -0.25) is 9.59 Å². The number of ketones is 2. The molecule has 0 aromatic carbocycles. The predicted octanol–water partition coefficient (Wildman–Crippen LogP) is 4.26. The van der Waals surface area contributed by atoms with Gasteiger partial charge in [-0.1, -0.05) is 41.2 Å². The molecule has 4 rings (SSSR count). The smallest absolute Gasteiger partial charge is 0.351 e. The van der Waals surface area contributed by atoms with Gasteiger partial charge in [-0.05, 0) is 77.6 Å². The van der Waals surface area contributed by atoms with Crippen molar-refractivity contribution in [3.63, 3.8) is 0 Å². The van der Waals surface area contributed by atoms with Crippen molar-refractivity contribution in [2.45, 2.75) is 166 Å². The maximum absolute atomic E-state index is 14.2. The number of rotatable bonds is 14. The van der Waals surface area contributed by atoms with Gasteiger partial charge in [0.05, 0.1) is 48.3 Å². The zero-order valence-electron chi connectivity index (χ0n) is 31.3. The standard InChI is InChI=1S/C38H60O12/c1-11-25(31(40)21(5)33-20(4)17-19(3)27(49-33)18-26(39)30-32(41)22(6)47-35(30)43)34(42)36(9,44)28-13-15-37(12-2,50-28)29-14-16-38(45,23(7)46-10)24(8)48-29/h19-21,23-25,27-29,31,33,40-41,44-45H,6,11-18H2,1-5,7-10H3/t19-,20-,21-,23-,24+,25-,27-,28+,29-,31-,33+,36-,37+,38+/m1/s1. The van der Waals surface area contributed by atoms with E-state index in [4.69, 9.17) is 23.7 Å². The molecule has 4 N–H and O–H groups in total. The summed E-state index contributed by atoms with van der Waals surface area (Å²) >= 11 is 0.